The van der Waals surface area contributed by atoms with Gasteiger partial charge in [0, 0.05) is 24.2 Å². The number of carbonyl (C=O) groups excluding carboxylic acids is 1. The maximum absolute atomic E-state index is 12.8. The highest BCUT2D eigenvalue weighted by atomic mass is 35.5. The zero-order valence-corrected chi connectivity index (χ0v) is 16.4. The van der Waals surface area contributed by atoms with Crippen molar-refractivity contribution in [1.29, 1.82) is 0 Å². The van der Waals surface area contributed by atoms with Crippen LogP contribution in [0.2, 0.25) is 5.02 Å². The summed E-state index contributed by atoms with van der Waals surface area (Å²) >= 11 is 7.33. The van der Waals surface area contributed by atoms with Crippen LogP contribution in [0.3, 0.4) is 0 Å². The first-order valence-corrected chi connectivity index (χ1v) is 10.1. The summed E-state index contributed by atoms with van der Waals surface area (Å²) in [5.74, 6) is 0.354. The monoisotopic (exact) mass is 391 g/mol. The minimum atomic E-state index is -0.146. The van der Waals surface area contributed by atoms with Crippen molar-refractivity contribution in [3.8, 4) is 0 Å². The number of likely N-dealkylation sites (tertiary alicyclic amines) is 1. The Morgan fingerprint density at radius 3 is 3.00 bits per heavy atom. The second kappa shape index (κ2) is 8.27. The van der Waals surface area contributed by atoms with E-state index in [0.717, 1.165) is 19.4 Å². The first kappa shape index (κ1) is 19.0. The number of nitrogens with zero attached hydrogens (tertiary/aromatic N) is 3. The van der Waals surface area contributed by atoms with Crippen LogP contribution in [0, 0.1) is 0 Å². The van der Waals surface area contributed by atoms with E-state index in [0.29, 0.717) is 27.6 Å². The third kappa shape index (κ3) is 3.96. The molecule has 1 aromatic heterocycles. The Balaban J connectivity index is 1.88. The molecule has 5 nitrogen and oxygen atoms in total. The molecular weight excluding hydrogens is 370 g/mol. The van der Waals surface area contributed by atoms with E-state index in [4.69, 9.17) is 11.6 Å². The normalized spacial score (nSPS) is 17.5. The molecule has 0 N–H and O–H groups in total. The Morgan fingerprint density at radius 1 is 1.46 bits per heavy atom. The standard InChI is InChI=1S/C19H22ClN3O2S/c1-3-9-23-18(25)15-8-7-14(20)11-16(15)21-19(23)26-12-17(24)22-10-5-4-6-13(22)2/h3,7-8,11,13H,1,4-6,9-10,12H2,2H3. The van der Waals surface area contributed by atoms with Gasteiger partial charge in [0.15, 0.2) is 5.16 Å². The predicted octanol–water partition coefficient (Wildman–Crippen LogP) is 3.73. The topological polar surface area (TPSA) is 55.2 Å². The molecule has 1 atom stereocenters. The SMILES string of the molecule is C=CCn1c(SCC(=O)N2CCCCC2C)nc2cc(Cl)ccc2c1=O. The van der Waals surface area contributed by atoms with Crippen LogP contribution in [-0.2, 0) is 11.3 Å². The fourth-order valence-electron chi connectivity index (χ4n) is 3.25. The van der Waals surface area contributed by atoms with Crippen molar-refractivity contribution in [2.45, 2.75) is 43.9 Å². The van der Waals surface area contributed by atoms with Crippen molar-refractivity contribution in [2.75, 3.05) is 12.3 Å². The van der Waals surface area contributed by atoms with Gasteiger partial charge in [-0.2, -0.15) is 0 Å². The first-order chi connectivity index (χ1) is 12.5. The van der Waals surface area contributed by atoms with Crippen LogP contribution in [-0.4, -0.2) is 38.7 Å². The number of carbonyl (C=O) groups is 1. The van der Waals surface area contributed by atoms with E-state index < -0.39 is 0 Å². The quantitative estimate of drug-likeness (QED) is 0.442. The van der Waals surface area contributed by atoms with Crippen LogP contribution < -0.4 is 5.56 Å². The molecule has 0 saturated carbocycles. The lowest BCUT2D eigenvalue weighted by molar-refractivity contribution is -0.131. The average molecular weight is 392 g/mol. The molecule has 0 aliphatic carbocycles. The molecule has 138 valence electrons. The highest BCUT2D eigenvalue weighted by Gasteiger charge is 2.23. The van der Waals surface area contributed by atoms with Crippen molar-refractivity contribution in [2.24, 2.45) is 0 Å². The number of hydrogen-bond acceptors (Lipinski definition) is 4. The summed E-state index contributed by atoms with van der Waals surface area (Å²) in [4.78, 5) is 31.9. The van der Waals surface area contributed by atoms with Gasteiger partial charge in [0.25, 0.3) is 5.56 Å². The van der Waals surface area contributed by atoms with Gasteiger partial charge in [0.05, 0.1) is 16.7 Å². The minimum Gasteiger partial charge on any atom is -0.339 e. The number of rotatable bonds is 5. The zero-order valence-electron chi connectivity index (χ0n) is 14.8. The predicted molar refractivity (Wildman–Crippen MR) is 107 cm³/mol. The van der Waals surface area contributed by atoms with Gasteiger partial charge in [-0.1, -0.05) is 29.4 Å². The summed E-state index contributed by atoms with van der Waals surface area (Å²) in [6.45, 7) is 6.96. The van der Waals surface area contributed by atoms with Crippen LogP contribution in [0.25, 0.3) is 10.9 Å². The fraction of sp³-hybridized carbons (Fsp3) is 0.421. The maximum atomic E-state index is 12.8. The van der Waals surface area contributed by atoms with Crippen molar-refractivity contribution >= 4 is 40.2 Å². The van der Waals surface area contributed by atoms with Crippen LogP contribution >= 0.6 is 23.4 Å². The first-order valence-electron chi connectivity index (χ1n) is 8.74. The smallest absolute Gasteiger partial charge is 0.262 e. The Labute approximate surface area is 162 Å². The number of allylic oxidation sites excluding steroid dienone is 1. The average Bonchev–Trinajstić information content (AvgIpc) is 2.62. The van der Waals surface area contributed by atoms with Crippen LogP contribution in [0.15, 0.2) is 40.8 Å². The summed E-state index contributed by atoms with van der Waals surface area (Å²) < 4.78 is 1.56. The van der Waals surface area contributed by atoms with E-state index in [1.807, 2.05) is 4.90 Å². The van der Waals surface area contributed by atoms with Gasteiger partial charge in [-0.3, -0.25) is 14.2 Å². The number of hydrogen-bond donors (Lipinski definition) is 0. The molecule has 0 bridgehead atoms. The molecule has 7 heteroatoms. The summed E-state index contributed by atoms with van der Waals surface area (Å²) in [6, 6.07) is 5.31. The van der Waals surface area contributed by atoms with Crippen LogP contribution in [0.5, 0.6) is 0 Å². The van der Waals surface area contributed by atoms with Gasteiger partial charge in [0.2, 0.25) is 5.91 Å². The number of thioether (sulfide) groups is 1. The Morgan fingerprint density at radius 2 is 2.27 bits per heavy atom. The van der Waals surface area contributed by atoms with Gasteiger partial charge in [-0.05, 0) is 44.4 Å². The highest BCUT2D eigenvalue weighted by molar-refractivity contribution is 7.99. The van der Waals surface area contributed by atoms with Gasteiger partial charge >= 0.3 is 0 Å². The molecule has 2 heterocycles. The number of aromatic nitrogens is 2. The maximum Gasteiger partial charge on any atom is 0.262 e. The molecule has 1 aromatic carbocycles. The van der Waals surface area contributed by atoms with E-state index in [-0.39, 0.29) is 23.3 Å². The number of piperidine rings is 1. The molecule has 3 rings (SSSR count). The van der Waals surface area contributed by atoms with Crippen LogP contribution in [0.4, 0.5) is 0 Å². The summed E-state index contributed by atoms with van der Waals surface area (Å²) in [7, 11) is 0. The second-order valence-corrected chi connectivity index (χ2v) is 7.86. The third-order valence-electron chi connectivity index (χ3n) is 4.64. The molecule has 0 radical (unpaired) electrons. The van der Waals surface area contributed by atoms with Crippen molar-refractivity contribution in [3.63, 3.8) is 0 Å². The molecule has 1 amide bonds. The van der Waals surface area contributed by atoms with Gasteiger partial charge < -0.3 is 4.90 Å². The lowest BCUT2D eigenvalue weighted by atomic mass is 10.0. The van der Waals surface area contributed by atoms with Crippen LogP contribution in [0.1, 0.15) is 26.2 Å². The molecule has 1 unspecified atom stereocenters. The number of amides is 1. The number of fused-ring (bicyclic) bond motifs is 1. The van der Waals surface area contributed by atoms with Gasteiger partial charge in [0.1, 0.15) is 0 Å². The van der Waals surface area contributed by atoms with Gasteiger partial charge in [-0.25, -0.2) is 4.98 Å². The fourth-order valence-corrected chi connectivity index (χ4v) is 4.31. The molecule has 2 aromatic rings. The van der Waals surface area contributed by atoms with E-state index in [1.54, 1.807) is 28.8 Å². The zero-order chi connectivity index (χ0) is 18.7. The Kier molecular flexibility index (Phi) is 6.04. The minimum absolute atomic E-state index is 0.0905. The Bertz CT molecular complexity index is 896. The molecule has 26 heavy (non-hydrogen) atoms. The molecule has 1 saturated heterocycles. The van der Waals surface area contributed by atoms with E-state index in [9.17, 15) is 9.59 Å². The summed E-state index contributed by atoms with van der Waals surface area (Å²) in [6.07, 6.45) is 4.92. The largest absolute Gasteiger partial charge is 0.339 e. The molecule has 1 aliphatic rings. The van der Waals surface area contributed by atoms with Crippen molar-refractivity contribution in [1.82, 2.24) is 14.5 Å². The second-order valence-electron chi connectivity index (χ2n) is 6.48. The number of benzene rings is 1. The summed E-state index contributed by atoms with van der Waals surface area (Å²) in [5.41, 5.74) is 0.400. The summed E-state index contributed by atoms with van der Waals surface area (Å²) in [5, 5.41) is 1.55. The van der Waals surface area contributed by atoms with Crippen molar-refractivity contribution < 1.29 is 4.79 Å². The lowest BCUT2D eigenvalue weighted by Gasteiger charge is -2.33. The molecule has 1 aliphatic heterocycles. The lowest BCUT2D eigenvalue weighted by Crippen LogP contribution is -2.43. The Hall–Kier alpha value is -1.79. The molecular formula is C19H22ClN3O2S. The molecule has 0 spiro atoms. The van der Waals surface area contributed by atoms with E-state index >= 15 is 0 Å². The van der Waals surface area contributed by atoms with Crippen molar-refractivity contribution in [3.05, 3.63) is 46.2 Å². The van der Waals surface area contributed by atoms with Gasteiger partial charge in [-0.15, -0.1) is 6.58 Å². The molecule has 1 fully saturated rings. The van der Waals surface area contributed by atoms with E-state index in [1.165, 1.54) is 18.2 Å². The third-order valence-corrected chi connectivity index (χ3v) is 5.84. The van der Waals surface area contributed by atoms with E-state index in [2.05, 4.69) is 18.5 Å². The highest BCUT2D eigenvalue weighted by Crippen LogP contribution is 2.23. The number of halogens is 1.